The molecule has 0 spiro atoms. The van der Waals surface area contributed by atoms with Gasteiger partial charge in [-0.15, -0.1) is 6.42 Å². The third kappa shape index (κ3) is 2.05. The highest BCUT2D eigenvalue weighted by atomic mass is 16.3. The molecule has 0 heterocycles. The summed E-state index contributed by atoms with van der Waals surface area (Å²) in [6.45, 7) is 6.55. The lowest BCUT2D eigenvalue weighted by Crippen LogP contribution is -2.57. The maximum Gasteiger partial charge on any atom is 0.133 e. The van der Waals surface area contributed by atoms with Crippen molar-refractivity contribution in [1.29, 1.82) is 0 Å². The lowest BCUT2D eigenvalue weighted by atomic mass is 9.46. The molecule has 0 aromatic carbocycles. The molecule has 4 unspecified atom stereocenters. The van der Waals surface area contributed by atoms with Gasteiger partial charge >= 0.3 is 0 Å². The summed E-state index contributed by atoms with van der Waals surface area (Å²) in [5.74, 6) is 3.62. The Morgan fingerprint density at radius 2 is 1.88 bits per heavy atom. The molecule has 3 fully saturated rings. The van der Waals surface area contributed by atoms with Gasteiger partial charge in [-0.25, -0.2) is 0 Å². The molecule has 0 aliphatic heterocycles. The molecule has 3 N–H and O–H groups in total. The van der Waals surface area contributed by atoms with Crippen LogP contribution < -0.4 is 0 Å². The van der Waals surface area contributed by atoms with E-state index in [0.29, 0.717) is 12.3 Å². The van der Waals surface area contributed by atoms with Crippen LogP contribution in [0.2, 0.25) is 0 Å². The number of aliphatic hydroxyl groups is 3. The summed E-state index contributed by atoms with van der Waals surface area (Å²) in [5, 5.41) is 32.4. The quantitative estimate of drug-likeness (QED) is 0.468. The van der Waals surface area contributed by atoms with E-state index in [9.17, 15) is 15.3 Å². The Labute approximate surface area is 151 Å². The molecule has 4 aliphatic rings. The van der Waals surface area contributed by atoms with Crippen molar-refractivity contribution in [3.63, 3.8) is 0 Å². The maximum atomic E-state index is 11.3. The van der Waals surface area contributed by atoms with Gasteiger partial charge in [-0.3, -0.25) is 0 Å². The van der Waals surface area contributed by atoms with E-state index < -0.39 is 11.7 Å². The van der Waals surface area contributed by atoms with Crippen LogP contribution in [0.3, 0.4) is 0 Å². The van der Waals surface area contributed by atoms with E-state index in [1.54, 1.807) is 0 Å². The van der Waals surface area contributed by atoms with Gasteiger partial charge in [0.2, 0.25) is 0 Å². The van der Waals surface area contributed by atoms with Gasteiger partial charge in [0.15, 0.2) is 0 Å². The summed E-state index contributed by atoms with van der Waals surface area (Å²) < 4.78 is 0. The van der Waals surface area contributed by atoms with Crippen molar-refractivity contribution >= 4 is 0 Å². The monoisotopic (exact) mass is 344 g/mol. The largest absolute Gasteiger partial charge is 0.393 e. The number of hydrogen-bond donors (Lipinski definition) is 3. The smallest absolute Gasteiger partial charge is 0.133 e. The van der Waals surface area contributed by atoms with Gasteiger partial charge in [0.1, 0.15) is 5.60 Å². The van der Waals surface area contributed by atoms with Gasteiger partial charge in [0.05, 0.1) is 12.2 Å². The Balaban J connectivity index is 1.77. The highest BCUT2D eigenvalue weighted by Gasteiger charge is 2.67. The summed E-state index contributed by atoms with van der Waals surface area (Å²) in [5.41, 5.74) is -0.0680. The molecular weight excluding hydrogens is 312 g/mol. The SMILES string of the molecule is C#C[C@]1(O)[C@@H](C)CC2C3C(O)C=C4C[C@@H](O)CC[C@]4(C)C3CC[C@@]21C. The summed E-state index contributed by atoms with van der Waals surface area (Å²) in [4.78, 5) is 0. The molecule has 3 nitrogen and oxygen atoms in total. The first-order valence-corrected chi connectivity index (χ1v) is 9.95. The maximum absolute atomic E-state index is 11.3. The predicted octanol–water partition coefficient (Wildman–Crippen LogP) is 2.89. The van der Waals surface area contributed by atoms with E-state index in [1.807, 2.05) is 6.08 Å². The first kappa shape index (κ1) is 17.6. The van der Waals surface area contributed by atoms with Crippen LogP contribution >= 0.6 is 0 Å². The zero-order valence-electron chi connectivity index (χ0n) is 15.7. The Kier molecular flexibility index (Phi) is 3.76. The third-order valence-corrected chi connectivity index (χ3v) is 8.90. The fourth-order valence-corrected chi connectivity index (χ4v) is 7.28. The van der Waals surface area contributed by atoms with Crippen LogP contribution in [0.5, 0.6) is 0 Å². The number of terminal acetylenes is 1. The first-order chi connectivity index (χ1) is 11.7. The molecule has 0 radical (unpaired) electrons. The standard InChI is InChI=1S/C22H32O3/c1-5-22(25)13(2)10-17-19-16(7-9-21(17,22)4)20(3)8-6-15(23)11-14(20)12-18(19)24/h1,12-13,15-19,23-25H,6-11H2,2-4H3/t13-,15-,16?,17?,18?,19?,20-,21-,22-/m0/s1. The Hall–Kier alpha value is -0.820. The van der Waals surface area contributed by atoms with E-state index >= 15 is 0 Å². The zero-order chi connectivity index (χ0) is 18.2. The second kappa shape index (κ2) is 5.35. The topological polar surface area (TPSA) is 60.7 Å². The Morgan fingerprint density at radius 1 is 1.16 bits per heavy atom. The van der Waals surface area contributed by atoms with E-state index in [1.165, 1.54) is 5.57 Å². The molecule has 3 saturated carbocycles. The fourth-order valence-electron chi connectivity index (χ4n) is 7.28. The van der Waals surface area contributed by atoms with E-state index in [2.05, 4.69) is 26.7 Å². The second-order valence-electron chi connectivity index (χ2n) is 9.79. The molecule has 0 amide bonds. The van der Waals surface area contributed by atoms with Crippen molar-refractivity contribution in [3.05, 3.63) is 11.6 Å². The van der Waals surface area contributed by atoms with Crippen molar-refractivity contribution in [2.24, 2.45) is 34.5 Å². The molecule has 3 heteroatoms. The Bertz CT molecular complexity index is 648. The predicted molar refractivity (Wildman–Crippen MR) is 97.4 cm³/mol. The molecule has 25 heavy (non-hydrogen) atoms. The van der Waals surface area contributed by atoms with Crippen molar-refractivity contribution in [1.82, 2.24) is 0 Å². The van der Waals surface area contributed by atoms with Gasteiger partial charge in [-0.1, -0.05) is 38.3 Å². The highest BCUT2D eigenvalue weighted by Crippen LogP contribution is 2.68. The van der Waals surface area contributed by atoms with Crippen molar-refractivity contribution in [3.8, 4) is 12.3 Å². The number of aliphatic hydroxyl groups excluding tert-OH is 2. The molecule has 0 bridgehead atoms. The average molecular weight is 344 g/mol. The molecule has 0 saturated heterocycles. The van der Waals surface area contributed by atoms with Crippen molar-refractivity contribution in [2.75, 3.05) is 0 Å². The minimum atomic E-state index is -1.07. The summed E-state index contributed by atoms with van der Waals surface area (Å²) in [7, 11) is 0. The number of rotatable bonds is 0. The molecule has 4 rings (SSSR count). The summed E-state index contributed by atoms with van der Waals surface area (Å²) in [6.07, 6.45) is 12.4. The van der Waals surface area contributed by atoms with Crippen LogP contribution in [0.1, 0.15) is 59.3 Å². The number of fused-ring (bicyclic) bond motifs is 5. The van der Waals surface area contributed by atoms with Crippen molar-refractivity contribution < 1.29 is 15.3 Å². The van der Waals surface area contributed by atoms with Crippen LogP contribution in [-0.4, -0.2) is 33.1 Å². The van der Waals surface area contributed by atoms with Gasteiger partial charge in [-0.05, 0) is 67.6 Å². The van der Waals surface area contributed by atoms with Gasteiger partial charge < -0.3 is 15.3 Å². The first-order valence-electron chi connectivity index (χ1n) is 9.95. The average Bonchev–Trinajstić information content (AvgIpc) is 2.77. The zero-order valence-corrected chi connectivity index (χ0v) is 15.7. The van der Waals surface area contributed by atoms with Crippen molar-refractivity contribution in [2.45, 2.75) is 77.1 Å². The number of hydrogen-bond acceptors (Lipinski definition) is 3. The Morgan fingerprint density at radius 3 is 2.56 bits per heavy atom. The van der Waals surface area contributed by atoms with E-state index in [4.69, 9.17) is 6.42 Å². The van der Waals surface area contributed by atoms with Crippen LogP contribution in [0.4, 0.5) is 0 Å². The lowest BCUT2D eigenvalue weighted by Gasteiger charge is -2.59. The minimum Gasteiger partial charge on any atom is -0.393 e. The molecule has 4 aliphatic carbocycles. The van der Waals surface area contributed by atoms with Gasteiger partial charge in [0.25, 0.3) is 0 Å². The summed E-state index contributed by atoms with van der Waals surface area (Å²) in [6, 6.07) is 0. The van der Waals surface area contributed by atoms with Crippen LogP contribution in [0.25, 0.3) is 0 Å². The van der Waals surface area contributed by atoms with Crippen LogP contribution in [-0.2, 0) is 0 Å². The molecule has 138 valence electrons. The fraction of sp³-hybridized carbons (Fsp3) is 0.818. The molecular formula is C22H32O3. The molecule has 0 aromatic heterocycles. The lowest BCUT2D eigenvalue weighted by molar-refractivity contribution is -0.127. The second-order valence-corrected chi connectivity index (χ2v) is 9.79. The highest BCUT2D eigenvalue weighted by molar-refractivity contribution is 5.31. The third-order valence-electron chi connectivity index (χ3n) is 8.90. The molecule has 0 aromatic rings. The van der Waals surface area contributed by atoms with E-state index in [-0.39, 0.29) is 34.7 Å². The normalized spacial score (nSPS) is 57.7. The van der Waals surface area contributed by atoms with Gasteiger partial charge in [-0.2, -0.15) is 0 Å². The minimum absolute atomic E-state index is 0.0600. The molecule has 9 atom stereocenters. The van der Waals surface area contributed by atoms with Crippen LogP contribution in [0.15, 0.2) is 11.6 Å². The van der Waals surface area contributed by atoms with E-state index in [0.717, 1.165) is 32.1 Å². The summed E-state index contributed by atoms with van der Waals surface area (Å²) >= 11 is 0. The van der Waals surface area contributed by atoms with Crippen LogP contribution in [0, 0.1) is 46.8 Å². The van der Waals surface area contributed by atoms with Gasteiger partial charge in [0, 0.05) is 5.41 Å².